The van der Waals surface area contributed by atoms with Crippen molar-refractivity contribution in [1.82, 2.24) is 10.2 Å². The van der Waals surface area contributed by atoms with Gasteiger partial charge < -0.3 is 24.7 Å². The van der Waals surface area contributed by atoms with E-state index in [0.717, 1.165) is 31.2 Å². The fourth-order valence-corrected chi connectivity index (χ4v) is 5.08. The molecule has 0 bridgehead atoms. The third-order valence-electron chi connectivity index (χ3n) is 6.60. The first-order chi connectivity index (χ1) is 14.5. The quantitative estimate of drug-likeness (QED) is 0.673. The highest BCUT2D eigenvalue weighted by Gasteiger charge is 2.49. The van der Waals surface area contributed by atoms with Gasteiger partial charge in [-0.2, -0.15) is 0 Å². The number of aromatic hydroxyl groups is 1. The molecule has 2 fully saturated rings. The fourth-order valence-electron chi connectivity index (χ4n) is 5.08. The zero-order chi connectivity index (χ0) is 21.1. The molecule has 30 heavy (non-hydrogen) atoms. The molecule has 3 N–H and O–H groups in total. The van der Waals surface area contributed by atoms with Gasteiger partial charge in [-0.1, -0.05) is 18.9 Å². The molecule has 0 spiro atoms. The molecule has 2 aromatic rings. The van der Waals surface area contributed by atoms with Gasteiger partial charge in [0.2, 0.25) is 5.91 Å². The lowest BCUT2D eigenvalue weighted by Crippen LogP contribution is -2.56. The van der Waals surface area contributed by atoms with Crippen LogP contribution in [0.15, 0.2) is 41.0 Å². The summed E-state index contributed by atoms with van der Waals surface area (Å²) in [5.41, 5.74) is 0.239. The van der Waals surface area contributed by atoms with Gasteiger partial charge >= 0.3 is 0 Å². The highest BCUT2D eigenvalue weighted by molar-refractivity contribution is 5.78. The normalized spacial score (nSPS) is 26.7. The number of phenols is 1. The molecule has 1 aliphatic heterocycles. The number of phenolic OH excluding ortho intramolecular Hbond substituents is 1. The minimum atomic E-state index is -0.713. The van der Waals surface area contributed by atoms with Crippen LogP contribution in [-0.2, 0) is 11.3 Å². The average molecular weight is 415 g/mol. The van der Waals surface area contributed by atoms with E-state index in [1.54, 1.807) is 18.4 Å². The van der Waals surface area contributed by atoms with E-state index in [1.807, 2.05) is 18.2 Å². The number of rotatable bonds is 6. The maximum absolute atomic E-state index is 12.7. The highest BCUT2D eigenvalue weighted by Crippen LogP contribution is 2.49. The first-order valence-electron chi connectivity index (χ1n) is 10.6. The molecule has 1 saturated carbocycles. The fraction of sp³-hybridized carbons (Fsp3) is 0.522. The molecule has 1 saturated heterocycles. The summed E-state index contributed by atoms with van der Waals surface area (Å²) in [5.74, 6) is 1.15. The molecular formula is C23H30N2O5. The number of carbonyl (C=O) groups excluding carboxylic acids is 1. The monoisotopic (exact) mass is 414 g/mol. The van der Waals surface area contributed by atoms with Gasteiger partial charge in [-0.3, -0.25) is 9.69 Å². The molecule has 7 nitrogen and oxygen atoms in total. The third kappa shape index (κ3) is 4.18. The Hall–Kier alpha value is -2.51. The van der Waals surface area contributed by atoms with Crippen LogP contribution < -0.4 is 10.1 Å². The number of nitrogens with zero attached hydrogens (tertiary/aromatic N) is 1. The number of nitrogens with one attached hydrogen (secondary N) is 1. The number of ether oxygens (including phenoxy) is 1. The summed E-state index contributed by atoms with van der Waals surface area (Å²) in [5, 5.41) is 24.3. The predicted molar refractivity (Wildman–Crippen MR) is 111 cm³/mol. The summed E-state index contributed by atoms with van der Waals surface area (Å²) in [7, 11) is 1.52. The number of amides is 1. The first-order valence-corrected chi connectivity index (χ1v) is 10.6. The number of aliphatic hydroxyl groups is 1. The number of piperidine rings is 1. The van der Waals surface area contributed by atoms with Crippen molar-refractivity contribution in [2.24, 2.45) is 5.92 Å². The van der Waals surface area contributed by atoms with Crippen molar-refractivity contribution < 1.29 is 24.2 Å². The van der Waals surface area contributed by atoms with Gasteiger partial charge in [-0.25, -0.2) is 0 Å². The van der Waals surface area contributed by atoms with E-state index < -0.39 is 5.60 Å². The predicted octanol–water partition coefficient (Wildman–Crippen LogP) is 2.98. The molecule has 162 valence electrons. The standard InChI is InChI=1S/C23H30N2O5/c1-29-20-13-16(7-8-19(20)26)22-18-6-2-3-9-23(18,28)10-11-25(22)15-21(27)24-14-17-5-4-12-30-17/h4-5,7-8,12-13,18,22,26,28H,2-3,6,9-11,14-15H2,1H3,(H,24,27)/t18-,22+,23+/m0/s1. The molecule has 0 radical (unpaired) electrons. The van der Waals surface area contributed by atoms with Crippen LogP contribution in [0.2, 0.25) is 0 Å². The largest absolute Gasteiger partial charge is 0.504 e. The Morgan fingerprint density at radius 2 is 2.20 bits per heavy atom. The molecule has 1 aliphatic carbocycles. The smallest absolute Gasteiger partial charge is 0.234 e. The van der Waals surface area contributed by atoms with Crippen molar-refractivity contribution in [3.8, 4) is 11.5 Å². The molecule has 3 atom stereocenters. The lowest BCUT2D eigenvalue weighted by Gasteiger charge is -2.52. The second-order valence-electron chi connectivity index (χ2n) is 8.41. The van der Waals surface area contributed by atoms with Crippen LogP contribution in [0.4, 0.5) is 0 Å². The summed E-state index contributed by atoms with van der Waals surface area (Å²) in [6, 6.07) is 8.83. The number of carbonyl (C=O) groups is 1. The number of methoxy groups -OCH3 is 1. The van der Waals surface area contributed by atoms with E-state index >= 15 is 0 Å². The van der Waals surface area contributed by atoms with Crippen LogP contribution in [0, 0.1) is 5.92 Å². The summed E-state index contributed by atoms with van der Waals surface area (Å²) < 4.78 is 10.6. The second-order valence-corrected chi connectivity index (χ2v) is 8.41. The highest BCUT2D eigenvalue weighted by atomic mass is 16.5. The minimum absolute atomic E-state index is 0.0344. The molecule has 2 aliphatic rings. The Labute approximate surface area is 176 Å². The summed E-state index contributed by atoms with van der Waals surface area (Å²) >= 11 is 0. The van der Waals surface area contributed by atoms with Crippen LogP contribution >= 0.6 is 0 Å². The van der Waals surface area contributed by atoms with Gasteiger partial charge in [0, 0.05) is 18.5 Å². The summed E-state index contributed by atoms with van der Waals surface area (Å²) in [4.78, 5) is 14.8. The van der Waals surface area contributed by atoms with Crippen LogP contribution in [0.5, 0.6) is 11.5 Å². The van der Waals surface area contributed by atoms with E-state index in [4.69, 9.17) is 9.15 Å². The lowest BCUT2D eigenvalue weighted by atomic mass is 9.66. The number of hydrogen-bond donors (Lipinski definition) is 3. The molecule has 1 amide bonds. The van der Waals surface area contributed by atoms with Crippen LogP contribution in [0.3, 0.4) is 0 Å². The Morgan fingerprint density at radius 3 is 2.97 bits per heavy atom. The molecule has 0 unspecified atom stereocenters. The van der Waals surface area contributed by atoms with Gasteiger partial charge in [0.1, 0.15) is 5.76 Å². The number of fused-ring (bicyclic) bond motifs is 1. The topological polar surface area (TPSA) is 95.2 Å². The maximum atomic E-state index is 12.7. The van der Waals surface area contributed by atoms with E-state index in [-0.39, 0.29) is 30.2 Å². The van der Waals surface area contributed by atoms with Crippen molar-refractivity contribution in [1.29, 1.82) is 0 Å². The number of likely N-dealkylation sites (tertiary alicyclic amines) is 1. The minimum Gasteiger partial charge on any atom is -0.504 e. The summed E-state index contributed by atoms with van der Waals surface area (Å²) in [6.45, 7) is 1.22. The van der Waals surface area contributed by atoms with Crippen LogP contribution in [-0.4, -0.2) is 46.8 Å². The van der Waals surface area contributed by atoms with Gasteiger partial charge in [0.25, 0.3) is 0 Å². The molecule has 2 heterocycles. The molecule has 1 aromatic carbocycles. The van der Waals surface area contributed by atoms with Crippen LogP contribution in [0.25, 0.3) is 0 Å². The van der Waals surface area contributed by atoms with Crippen molar-refractivity contribution in [3.05, 3.63) is 47.9 Å². The Morgan fingerprint density at radius 1 is 1.33 bits per heavy atom. The maximum Gasteiger partial charge on any atom is 0.234 e. The average Bonchev–Trinajstić information content (AvgIpc) is 3.26. The number of hydrogen-bond acceptors (Lipinski definition) is 6. The van der Waals surface area contributed by atoms with Gasteiger partial charge in [-0.15, -0.1) is 0 Å². The van der Waals surface area contributed by atoms with Crippen molar-refractivity contribution in [3.63, 3.8) is 0 Å². The van der Waals surface area contributed by atoms with Gasteiger partial charge in [0.15, 0.2) is 11.5 Å². The Kier molecular flexibility index (Phi) is 6.01. The molecular weight excluding hydrogens is 384 g/mol. The number of furan rings is 1. The van der Waals surface area contributed by atoms with Gasteiger partial charge in [0.05, 0.1) is 32.1 Å². The Bertz CT molecular complexity index is 868. The van der Waals surface area contributed by atoms with Gasteiger partial charge in [-0.05, 0) is 49.1 Å². The van der Waals surface area contributed by atoms with Crippen molar-refractivity contribution in [2.45, 2.75) is 50.3 Å². The Balaban J connectivity index is 1.57. The zero-order valence-electron chi connectivity index (χ0n) is 17.3. The lowest BCUT2D eigenvalue weighted by molar-refractivity contribution is -0.138. The number of benzene rings is 1. The third-order valence-corrected chi connectivity index (χ3v) is 6.60. The van der Waals surface area contributed by atoms with E-state index in [0.29, 0.717) is 31.0 Å². The summed E-state index contributed by atoms with van der Waals surface area (Å²) in [6.07, 6.45) is 6.05. The molecule has 4 rings (SSSR count). The molecule has 1 aromatic heterocycles. The van der Waals surface area contributed by atoms with Crippen LogP contribution in [0.1, 0.15) is 49.5 Å². The van der Waals surface area contributed by atoms with E-state index in [9.17, 15) is 15.0 Å². The SMILES string of the molecule is COc1cc([C@@H]2[C@@H]3CCCC[C@@]3(O)CCN2CC(=O)NCc2ccco2)ccc1O. The van der Waals surface area contributed by atoms with Crippen molar-refractivity contribution in [2.75, 3.05) is 20.2 Å². The zero-order valence-corrected chi connectivity index (χ0v) is 17.3. The van der Waals surface area contributed by atoms with E-state index in [2.05, 4.69) is 10.2 Å². The van der Waals surface area contributed by atoms with Crippen molar-refractivity contribution >= 4 is 5.91 Å². The second kappa shape index (κ2) is 8.70. The molecule has 7 heteroatoms. The first kappa shape index (κ1) is 20.8. The van der Waals surface area contributed by atoms with E-state index in [1.165, 1.54) is 7.11 Å².